The number of ether oxygens (including phenoxy) is 2. The van der Waals surface area contributed by atoms with Crippen molar-refractivity contribution in [2.45, 2.75) is 0 Å². The number of rotatable bonds is 0. The number of hydrogen-bond donors (Lipinski definition) is 1. The zero-order chi connectivity index (χ0) is 10.1. The molecule has 0 bridgehead atoms. The third kappa shape index (κ3) is 1.12. The maximum atomic E-state index is 13.0. The lowest BCUT2D eigenvalue weighted by molar-refractivity contribution is 0.169. The fraction of sp³-hybridized carbons (Fsp3) is 0.222. The number of phenols is 1. The molecule has 5 heteroatoms. The summed E-state index contributed by atoms with van der Waals surface area (Å²) in [6, 6.07) is 2.67. The van der Waals surface area contributed by atoms with E-state index >= 15 is 0 Å². The predicted molar refractivity (Wildman–Crippen MR) is 43.8 cm³/mol. The fourth-order valence-electron chi connectivity index (χ4n) is 1.25. The second-order valence-corrected chi connectivity index (χ2v) is 2.72. The van der Waals surface area contributed by atoms with Crippen LogP contribution < -0.4 is 9.47 Å². The van der Waals surface area contributed by atoms with Crippen LogP contribution in [-0.4, -0.2) is 18.3 Å². The normalized spacial score (nSPS) is 13.4. The van der Waals surface area contributed by atoms with Crippen molar-refractivity contribution in [1.82, 2.24) is 0 Å². The van der Waals surface area contributed by atoms with Gasteiger partial charge in [-0.3, -0.25) is 0 Å². The molecule has 72 valence electrons. The monoisotopic (exact) mass is 195 g/mol. The van der Waals surface area contributed by atoms with Crippen LogP contribution in [0.3, 0.4) is 0 Å². The van der Waals surface area contributed by atoms with E-state index in [1.165, 1.54) is 0 Å². The largest absolute Gasteiger partial charge is 0.504 e. The van der Waals surface area contributed by atoms with Crippen LogP contribution in [0.5, 0.6) is 17.2 Å². The van der Waals surface area contributed by atoms with Crippen molar-refractivity contribution < 1.29 is 19.0 Å². The molecule has 1 aromatic carbocycles. The average molecular weight is 195 g/mol. The molecule has 1 aliphatic heterocycles. The summed E-state index contributed by atoms with van der Waals surface area (Å²) in [7, 11) is 0. The number of fused-ring (bicyclic) bond motifs is 1. The first-order chi connectivity index (χ1) is 6.74. The van der Waals surface area contributed by atoms with Crippen molar-refractivity contribution in [2.24, 2.45) is 0 Å². The highest BCUT2D eigenvalue weighted by molar-refractivity contribution is 5.60. The number of hydrogen-bond acceptors (Lipinski definition) is 4. The lowest BCUT2D eigenvalue weighted by Crippen LogP contribution is -2.16. The van der Waals surface area contributed by atoms with Crippen molar-refractivity contribution in [2.75, 3.05) is 13.2 Å². The van der Waals surface area contributed by atoms with Crippen LogP contribution in [0.1, 0.15) is 5.56 Å². The molecule has 1 N–H and O–H groups in total. The molecule has 0 amide bonds. The Kier molecular flexibility index (Phi) is 1.89. The quantitative estimate of drug-likeness (QED) is 0.675. The minimum absolute atomic E-state index is 0.109. The molecule has 0 aliphatic carbocycles. The molecule has 0 unspecified atom stereocenters. The first-order valence-corrected chi connectivity index (χ1v) is 3.95. The van der Waals surface area contributed by atoms with E-state index in [1.54, 1.807) is 6.07 Å². The predicted octanol–water partition coefficient (Wildman–Crippen LogP) is 1.17. The highest BCUT2D eigenvalue weighted by atomic mass is 19.1. The van der Waals surface area contributed by atoms with Crippen LogP contribution in [0, 0.1) is 17.1 Å². The minimum Gasteiger partial charge on any atom is -0.504 e. The molecule has 1 heterocycles. The topological polar surface area (TPSA) is 62.5 Å². The second-order valence-electron chi connectivity index (χ2n) is 2.72. The number of nitrogens with zero attached hydrogens (tertiary/aromatic N) is 1. The molecule has 1 aromatic rings. The van der Waals surface area contributed by atoms with E-state index in [-0.39, 0.29) is 23.7 Å². The molecule has 1 aliphatic rings. The van der Waals surface area contributed by atoms with Crippen LogP contribution in [0.4, 0.5) is 4.39 Å². The van der Waals surface area contributed by atoms with Crippen LogP contribution in [0.2, 0.25) is 0 Å². The summed E-state index contributed by atoms with van der Waals surface area (Å²) in [6.45, 7) is 0.592. The summed E-state index contributed by atoms with van der Waals surface area (Å²) < 4.78 is 23.2. The molecule has 14 heavy (non-hydrogen) atoms. The van der Waals surface area contributed by atoms with Gasteiger partial charge >= 0.3 is 0 Å². The number of aromatic hydroxyl groups is 1. The van der Waals surface area contributed by atoms with Crippen molar-refractivity contribution in [1.29, 1.82) is 5.26 Å². The molecule has 0 spiro atoms. The zero-order valence-corrected chi connectivity index (χ0v) is 7.08. The molecule has 4 nitrogen and oxygen atoms in total. The van der Waals surface area contributed by atoms with E-state index in [4.69, 9.17) is 14.7 Å². The molecule has 0 radical (unpaired) electrons. The van der Waals surface area contributed by atoms with Crippen molar-refractivity contribution in [3.63, 3.8) is 0 Å². The van der Waals surface area contributed by atoms with Crippen LogP contribution in [-0.2, 0) is 0 Å². The van der Waals surface area contributed by atoms with Gasteiger partial charge < -0.3 is 14.6 Å². The third-order valence-corrected chi connectivity index (χ3v) is 1.87. The van der Waals surface area contributed by atoms with E-state index in [2.05, 4.69) is 0 Å². The lowest BCUT2D eigenvalue weighted by atomic mass is 10.1. The summed E-state index contributed by atoms with van der Waals surface area (Å²) in [5, 5.41) is 17.9. The van der Waals surface area contributed by atoms with Gasteiger partial charge in [0.15, 0.2) is 23.1 Å². The van der Waals surface area contributed by atoms with Gasteiger partial charge in [-0.05, 0) is 0 Å². The summed E-state index contributed by atoms with van der Waals surface area (Å²) in [5.74, 6) is -1.32. The summed E-state index contributed by atoms with van der Waals surface area (Å²) in [5.41, 5.74) is -0.222. The van der Waals surface area contributed by atoms with Gasteiger partial charge in [0.05, 0.1) is 0 Å². The average Bonchev–Trinajstić information content (AvgIpc) is 2.20. The van der Waals surface area contributed by atoms with Crippen molar-refractivity contribution >= 4 is 0 Å². The fourth-order valence-corrected chi connectivity index (χ4v) is 1.25. The molecule has 2 rings (SSSR count). The van der Waals surface area contributed by atoms with Gasteiger partial charge in [0, 0.05) is 6.07 Å². The maximum absolute atomic E-state index is 13.0. The minimum atomic E-state index is -0.884. The molecular weight excluding hydrogens is 189 g/mol. The van der Waals surface area contributed by atoms with Gasteiger partial charge in [0.25, 0.3) is 0 Å². The van der Waals surface area contributed by atoms with Crippen molar-refractivity contribution in [3.05, 3.63) is 17.4 Å². The van der Waals surface area contributed by atoms with Crippen LogP contribution >= 0.6 is 0 Å². The van der Waals surface area contributed by atoms with Crippen molar-refractivity contribution in [3.8, 4) is 23.3 Å². The van der Waals surface area contributed by atoms with E-state index in [9.17, 15) is 9.50 Å². The van der Waals surface area contributed by atoms with E-state index in [1.807, 2.05) is 0 Å². The lowest BCUT2D eigenvalue weighted by Gasteiger charge is -2.19. The standard InChI is InChI=1S/C9H6FNO3/c10-6-3-7-9(14-2-1-13-7)5(4-11)8(6)12/h3,12H,1-2H2. The zero-order valence-electron chi connectivity index (χ0n) is 7.08. The van der Waals surface area contributed by atoms with Crippen LogP contribution in [0.15, 0.2) is 6.07 Å². The Morgan fingerprint density at radius 1 is 1.43 bits per heavy atom. The molecule has 0 fully saturated rings. The van der Waals surface area contributed by atoms with Gasteiger partial charge in [0.2, 0.25) is 0 Å². The Balaban J connectivity index is 2.67. The third-order valence-electron chi connectivity index (χ3n) is 1.87. The molecule has 0 aromatic heterocycles. The summed E-state index contributed by atoms with van der Waals surface area (Å²) in [4.78, 5) is 0. The Morgan fingerprint density at radius 3 is 2.86 bits per heavy atom. The maximum Gasteiger partial charge on any atom is 0.183 e. The van der Waals surface area contributed by atoms with Gasteiger partial charge in [0.1, 0.15) is 24.8 Å². The smallest absolute Gasteiger partial charge is 0.183 e. The second kappa shape index (κ2) is 3.07. The molecule has 0 saturated carbocycles. The van der Waals surface area contributed by atoms with Gasteiger partial charge in [-0.25, -0.2) is 4.39 Å². The number of benzene rings is 1. The Morgan fingerprint density at radius 2 is 2.14 bits per heavy atom. The SMILES string of the molecule is N#Cc1c(O)c(F)cc2c1OCCO2. The summed E-state index contributed by atoms with van der Waals surface area (Å²) in [6.07, 6.45) is 0. The molecule has 0 atom stereocenters. The number of phenolic OH excluding ortho intramolecular Hbond substituents is 1. The molecular formula is C9H6FNO3. The van der Waals surface area contributed by atoms with Gasteiger partial charge in [-0.15, -0.1) is 0 Å². The Hall–Kier alpha value is -1.96. The number of nitriles is 1. The highest BCUT2D eigenvalue weighted by Crippen LogP contribution is 2.40. The van der Waals surface area contributed by atoms with E-state index in [0.29, 0.717) is 6.61 Å². The Bertz CT molecular complexity index is 425. The van der Waals surface area contributed by atoms with E-state index < -0.39 is 11.6 Å². The van der Waals surface area contributed by atoms with Gasteiger partial charge in [-0.1, -0.05) is 0 Å². The van der Waals surface area contributed by atoms with Gasteiger partial charge in [-0.2, -0.15) is 5.26 Å². The van der Waals surface area contributed by atoms with Crippen LogP contribution in [0.25, 0.3) is 0 Å². The first-order valence-electron chi connectivity index (χ1n) is 3.95. The van der Waals surface area contributed by atoms with E-state index in [0.717, 1.165) is 6.07 Å². The highest BCUT2D eigenvalue weighted by Gasteiger charge is 2.22. The Labute approximate surface area is 79.1 Å². The summed E-state index contributed by atoms with van der Waals surface area (Å²) >= 11 is 0. The molecule has 0 saturated heterocycles. The first kappa shape index (κ1) is 8.63. The number of halogens is 1.